The van der Waals surface area contributed by atoms with Crippen LogP contribution in [0.4, 0.5) is 13.2 Å². The van der Waals surface area contributed by atoms with Crippen molar-refractivity contribution in [3.05, 3.63) is 99.4 Å². The summed E-state index contributed by atoms with van der Waals surface area (Å²) < 4.78 is 39.6. The van der Waals surface area contributed by atoms with Crippen molar-refractivity contribution in [1.29, 1.82) is 0 Å². The van der Waals surface area contributed by atoms with Gasteiger partial charge in [0, 0.05) is 34.1 Å². The number of halogens is 3. The molecule has 1 atom stereocenters. The van der Waals surface area contributed by atoms with Crippen LogP contribution in [0.25, 0.3) is 16.7 Å². The molecule has 3 heterocycles. The summed E-state index contributed by atoms with van der Waals surface area (Å²) in [5, 5.41) is 13.7. The van der Waals surface area contributed by atoms with Crippen molar-refractivity contribution in [3.63, 3.8) is 0 Å². The minimum absolute atomic E-state index is 0.0934. The summed E-state index contributed by atoms with van der Waals surface area (Å²) in [4.78, 5) is 31.0. The molecular weight excluding hydrogens is 465 g/mol. The maximum absolute atomic E-state index is 13.2. The highest BCUT2D eigenvalue weighted by molar-refractivity contribution is 7.10. The van der Waals surface area contributed by atoms with Crippen LogP contribution in [0.5, 0.6) is 0 Å². The lowest BCUT2D eigenvalue weighted by molar-refractivity contribution is -0.140. The van der Waals surface area contributed by atoms with Crippen LogP contribution in [-0.2, 0) is 22.3 Å². The van der Waals surface area contributed by atoms with E-state index in [4.69, 9.17) is 0 Å². The van der Waals surface area contributed by atoms with Crippen LogP contribution in [0.2, 0.25) is 0 Å². The molecule has 5 nitrogen and oxygen atoms in total. The number of aliphatic hydroxyl groups is 1. The molecule has 0 aliphatic carbocycles. The normalized spacial score (nSPS) is 18.2. The van der Waals surface area contributed by atoms with Crippen molar-refractivity contribution >= 4 is 39.7 Å². The molecule has 4 aromatic rings. The van der Waals surface area contributed by atoms with Crippen molar-refractivity contribution in [1.82, 2.24) is 9.88 Å². The summed E-state index contributed by atoms with van der Waals surface area (Å²) in [7, 11) is 0. The standard InChI is InChI=1S/C25H17F3N2O3S/c26-25(27,28)15-6-3-5-14(11-15)13-30-21(19-9-4-10-34-19)20(23(32)24(30)33)22(31)17-12-29-18-8-2-1-7-16(17)18/h1-12,21,29,31H,13H2/b22-20-. The maximum Gasteiger partial charge on any atom is 0.416 e. The quantitative estimate of drug-likeness (QED) is 0.217. The summed E-state index contributed by atoms with van der Waals surface area (Å²) in [5.74, 6) is -2.09. The first-order valence-corrected chi connectivity index (χ1v) is 11.2. The summed E-state index contributed by atoms with van der Waals surface area (Å²) >= 11 is 1.29. The van der Waals surface area contributed by atoms with Crippen molar-refractivity contribution in [3.8, 4) is 0 Å². The van der Waals surface area contributed by atoms with E-state index in [9.17, 15) is 27.9 Å². The summed E-state index contributed by atoms with van der Waals surface area (Å²) in [6, 6.07) is 14.4. The van der Waals surface area contributed by atoms with Crippen LogP contribution < -0.4 is 0 Å². The second kappa shape index (κ2) is 8.18. The van der Waals surface area contributed by atoms with Gasteiger partial charge < -0.3 is 15.0 Å². The Bertz CT molecular complexity index is 1440. The SMILES string of the molecule is O=C1C(=O)N(Cc2cccc(C(F)(F)F)c2)C(c2cccs2)/C1=C(/O)c1c[nH]c2ccccc12. The zero-order chi connectivity index (χ0) is 24.0. The minimum atomic E-state index is -4.54. The van der Waals surface area contributed by atoms with Crippen LogP contribution >= 0.6 is 11.3 Å². The first kappa shape index (κ1) is 22.0. The number of benzene rings is 2. The topological polar surface area (TPSA) is 73.4 Å². The molecule has 2 aromatic heterocycles. The maximum atomic E-state index is 13.2. The molecule has 0 spiro atoms. The van der Waals surface area contributed by atoms with Crippen molar-refractivity contribution in [2.24, 2.45) is 0 Å². The Balaban J connectivity index is 1.62. The molecule has 2 N–H and O–H groups in total. The molecule has 5 rings (SSSR count). The fraction of sp³-hybridized carbons (Fsp3) is 0.120. The van der Waals surface area contributed by atoms with E-state index in [0.717, 1.165) is 17.6 Å². The van der Waals surface area contributed by atoms with Crippen LogP contribution in [0, 0.1) is 0 Å². The van der Waals surface area contributed by atoms with Gasteiger partial charge in [0.05, 0.1) is 17.2 Å². The number of nitrogens with zero attached hydrogens (tertiary/aromatic N) is 1. The number of aliphatic hydroxyl groups excluding tert-OH is 1. The number of fused-ring (bicyclic) bond motifs is 1. The van der Waals surface area contributed by atoms with E-state index in [2.05, 4.69) is 4.98 Å². The molecule has 1 fully saturated rings. The van der Waals surface area contributed by atoms with Gasteiger partial charge in [0.15, 0.2) is 0 Å². The Labute approximate surface area is 195 Å². The number of ketones is 1. The van der Waals surface area contributed by atoms with Crippen molar-refractivity contribution in [2.45, 2.75) is 18.8 Å². The second-order valence-electron chi connectivity index (χ2n) is 7.89. The second-order valence-corrected chi connectivity index (χ2v) is 8.87. The van der Waals surface area contributed by atoms with Crippen LogP contribution in [0.15, 0.2) is 77.8 Å². The van der Waals surface area contributed by atoms with Gasteiger partial charge in [0.1, 0.15) is 5.76 Å². The van der Waals surface area contributed by atoms with Gasteiger partial charge in [-0.25, -0.2) is 0 Å². The number of rotatable bonds is 4. The molecule has 34 heavy (non-hydrogen) atoms. The minimum Gasteiger partial charge on any atom is -0.507 e. The molecule has 1 amide bonds. The smallest absolute Gasteiger partial charge is 0.416 e. The Morgan fingerprint density at radius 1 is 1.06 bits per heavy atom. The molecule has 1 saturated heterocycles. The number of H-pyrrole nitrogens is 1. The Kier molecular flexibility index (Phi) is 5.28. The lowest BCUT2D eigenvalue weighted by Gasteiger charge is -2.24. The number of amides is 1. The van der Waals surface area contributed by atoms with E-state index >= 15 is 0 Å². The highest BCUT2D eigenvalue weighted by Crippen LogP contribution is 2.43. The zero-order valence-corrected chi connectivity index (χ0v) is 18.3. The third-order valence-corrected chi connectivity index (χ3v) is 6.73. The summed E-state index contributed by atoms with van der Waals surface area (Å²) in [6.45, 7) is -0.221. The lowest BCUT2D eigenvalue weighted by atomic mass is 9.99. The van der Waals surface area contributed by atoms with Gasteiger partial charge in [-0.05, 0) is 35.2 Å². The Hall–Kier alpha value is -3.85. The van der Waals surface area contributed by atoms with Crippen LogP contribution in [0.3, 0.4) is 0 Å². The molecule has 0 radical (unpaired) electrons. The Morgan fingerprint density at radius 2 is 1.85 bits per heavy atom. The molecule has 2 aromatic carbocycles. The lowest BCUT2D eigenvalue weighted by Crippen LogP contribution is -2.29. The van der Waals surface area contributed by atoms with Crippen molar-refractivity contribution < 1.29 is 27.9 Å². The fourth-order valence-corrected chi connectivity index (χ4v) is 5.09. The van der Waals surface area contributed by atoms with Crippen molar-refractivity contribution in [2.75, 3.05) is 0 Å². The fourth-order valence-electron chi connectivity index (χ4n) is 4.24. The first-order chi connectivity index (χ1) is 16.3. The molecular formula is C25H17F3N2O3S. The number of para-hydroxylation sites is 1. The third-order valence-electron chi connectivity index (χ3n) is 5.80. The number of hydrogen-bond acceptors (Lipinski definition) is 4. The molecule has 9 heteroatoms. The van der Waals surface area contributed by atoms with E-state index in [0.29, 0.717) is 15.8 Å². The number of aromatic amines is 1. The van der Waals surface area contributed by atoms with Crippen LogP contribution in [-0.4, -0.2) is 26.7 Å². The van der Waals surface area contributed by atoms with E-state index < -0.39 is 29.5 Å². The molecule has 0 bridgehead atoms. The van der Waals surface area contributed by atoms with Gasteiger partial charge in [-0.1, -0.05) is 36.4 Å². The van der Waals surface area contributed by atoms with Gasteiger partial charge in [-0.15, -0.1) is 11.3 Å². The predicted molar refractivity (Wildman–Crippen MR) is 122 cm³/mol. The monoisotopic (exact) mass is 482 g/mol. The molecule has 0 saturated carbocycles. The van der Waals surface area contributed by atoms with Crippen LogP contribution in [0.1, 0.15) is 27.6 Å². The van der Waals surface area contributed by atoms with E-state index in [-0.39, 0.29) is 23.4 Å². The number of carbonyl (C=O) groups is 2. The Morgan fingerprint density at radius 3 is 2.59 bits per heavy atom. The number of alkyl halides is 3. The average molecular weight is 482 g/mol. The predicted octanol–water partition coefficient (Wildman–Crippen LogP) is 5.87. The first-order valence-electron chi connectivity index (χ1n) is 10.3. The molecule has 1 aliphatic heterocycles. The largest absolute Gasteiger partial charge is 0.507 e. The molecule has 1 unspecified atom stereocenters. The molecule has 172 valence electrons. The average Bonchev–Trinajstić information content (AvgIpc) is 3.54. The van der Waals surface area contributed by atoms with Gasteiger partial charge in [-0.2, -0.15) is 13.2 Å². The number of nitrogens with one attached hydrogen (secondary N) is 1. The highest BCUT2D eigenvalue weighted by atomic mass is 32.1. The summed E-state index contributed by atoms with van der Waals surface area (Å²) in [5.41, 5.74) is 0.409. The van der Waals surface area contributed by atoms with Gasteiger partial charge in [0.2, 0.25) is 0 Å². The van der Waals surface area contributed by atoms with Gasteiger partial charge in [-0.3, -0.25) is 9.59 Å². The van der Waals surface area contributed by atoms with Gasteiger partial charge in [0.25, 0.3) is 11.7 Å². The number of hydrogen-bond donors (Lipinski definition) is 2. The van der Waals surface area contributed by atoms with Gasteiger partial charge >= 0.3 is 6.18 Å². The zero-order valence-electron chi connectivity index (χ0n) is 17.5. The third kappa shape index (κ3) is 3.67. The number of thiophene rings is 1. The molecule has 1 aliphatic rings. The summed E-state index contributed by atoms with van der Waals surface area (Å²) in [6.07, 6.45) is -2.97. The van der Waals surface area contributed by atoms with E-state index in [1.807, 2.05) is 12.1 Å². The van der Waals surface area contributed by atoms with E-state index in [1.165, 1.54) is 28.4 Å². The number of aromatic nitrogens is 1. The number of likely N-dealkylation sites (tertiary alicyclic amines) is 1. The number of Topliss-reactive ketones (excluding diaryl/α,β-unsaturated/α-hetero) is 1. The van der Waals surface area contributed by atoms with E-state index in [1.54, 1.807) is 35.8 Å². The highest BCUT2D eigenvalue weighted by Gasteiger charge is 2.46. The number of carbonyl (C=O) groups excluding carboxylic acids is 2.